The number of hydrogen-bond acceptors (Lipinski definition) is 2. The van der Waals surface area contributed by atoms with Crippen molar-refractivity contribution in [1.29, 1.82) is 0 Å². The second kappa shape index (κ2) is 7.03. The van der Waals surface area contributed by atoms with Crippen LogP contribution in [0.1, 0.15) is 29.2 Å². The molecule has 0 saturated carbocycles. The van der Waals surface area contributed by atoms with Gasteiger partial charge in [0.2, 0.25) is 0 Å². The normalized spacial score (nSPS) is 17.9. The molecule has 1 fully saturated rings. The Morgan fingerprint density at radius 2 is 1.91 bits per heavy atom. The van der Waals surface area contributed by atoms with Crippen molar-refractivity contribution in [1.82, 2.24) is 10.2 Å². The van der Waals surface area contributed by atoms with E-state index in [1.54, 1.807) is 12.1 Å². The molecule has 1 unspecified atom stereocenters. The fourth-order valence-corrected chi connectivity index (χ4v) is 3.25. The highest BCUT2D eigenvalue weighted by molar-refractivity contribution is 5.35. The average Bonchev–Trinajstić information content (AvgIpc) is 2.79. The van der Waals surface area contributed by atoms with Crippen molar-refractivity contribution in [2.75, 3.05) is 26.2 Å². The van der Waals surface area contributed by atoms with Crippen LogP contribution in [0.5, 0.6) is 0 Å². The van der Waals surface area contributed by atoms with Crippen LogP contribution < -0.4 is 5.32 Å². The Hall–Kier alpha value is -1.71. The highest BCUT2D eigenvalue weighted by atomic mass is 19.1. The molecule has 0 bridgehead atoms. The van der Waals surface area contributed by atoms with Gasteiger partial charge in [-0.1, -0.05) is 48.0 Å². The van der Waals surface area contributed by atoms with E-state index in [-0.39, 0.29) is 11.9 Å². The third kappa shape index (κ3) is 3.37. The van der Waals surface area contributed by atoms with Crippen molar-refractivity contribution >= 4 is 0 Å². The zero-order valence-corrected chi connectivity index (χ0v) is 13.1. The lowest BCUT2D eigenvalue weighted by Gasteiger charge is -2.31. The first-order chi connectivity index (χ1) is 10.8. The number of nitrogens with zero attached hydrogens (tertiary/aromatic N) is 1. The third-order valence-corrected chi connectivity index (χ3v) is 4.30. The molecule has 2 aromatic rings. The highest BCUT2D eigenvalue weighted by Crippen LogP contribution is 2.31. The minimum Gasteiger partial charge on any atom is -0.315 e. The summed E-state index contributed by atoms with van der Waals surface area (Å²) in [5.74, 6) is -0.119. The van der Waals surface area contributed by atoms with Gasteiger partial charge in [-0.25, -0.2) is 4.39 Å². The highest BCUT2D eigenvalue weighted by Gasteiger charge is 2.25. The molecule has 116 valence electrons. The minimum atomic E-state index is -0.119. The summed E-state index contributed by atoms with van der Waals surface area (Å²) in [6.45, 7) is 6.00. The molecule has 1 aliphatic rings. The molecule has 0 aliphatic carbocycles. The SMILES string of the molecule is Cc1cccc(C(c2ccccc2F)N2CCCNCC2)c1. The summed E-state index contributed by atoms with van der Waals surface area (Å²) in [6, 6.07) is 15.6. The Bertz CT molecular complexity index is 618. The van der Waals surface area contributed by atoms with Gasteiger partial charge in [0.15, 0.2) is 0 Å². The van der Waals surface area contributed by atoms with Gasteiger partial charge in [0.05, 0.1) is 6.04 Å². The zero-order chi connectivity index (χ0) is 15.4. The van der Waals surface area contributed by atoms with E-state index >= 15 is 0 Å². The fraction of sp³-hybridized carbons (Fsp3) is 0.368. The van der Waals surface area contributed by atoms with E-state index in [9.17, 15) is 4.39 Å². The molecule has 22 heavy (non-hydrogen) atoms. The second-order valence-corrected chi connectivity index (χ2v) is 5.98. The van der Waals surface area contributed by atoms with Gasteiger partial charge in [-0.05, 0) is 31.5 Å². The maximum absolute atomic E-state index is 14.4. The molecule has 1 heterocycles. The quantitative estimate of drug-likeness (QED) is 0.932. The van der Waals surface area contributed by atoms with E-state index in [2.05, 4.69) is 41.4 Å². The molecule has 1 aliphatic heterocycles. The van der Waals surface area contributed by atoms with Gasteiger partial charge in [-0.15, -0.1) is 0 Å². The van der Waals surface area contributed by atoms with Crippen molar-refractivity contribution in [3.8, 4) is 0 Å². The van der Waals surface area contributed by atoms with Crippen LogP contribution >= 0.6 is 0 Å². The van der Waals surface area contributed by atoms with Gasteiger partial charge in [0.1, 0.15) is 5.82 Å². The summed E-state index contributed by atoms with van der Waals surface area (Å²) in [4.78, 5) is 2.40. The Balaban J connectivity index is 2.03. The number of halogens is 1. The van der Waals surface area contributed by atoms with Crippen LogP contribution in [0.15, 0.2) is 48.5 Å². The van der Waals surface area contributed by atoms with Crippen LogP contribution in [-0.2, 0) is 0 Å². The van der Waals surface area contributed by atoms with Crippen molar-refractivity contribution in [3.63, 3.8) is 0 Å². The molecular formula is C19H23FN2. The van der Waals surface area contributed by atoms with E-state index in [4.69, 9.17) is 0 Å². The summed E-state index contributed by atoms with van der Waals surface area (Å²) >= 11 is 0. The summed E-state index contributed by atoms with van der Waals surface area (Å²) in [5.41, 5.74) is 3.16. The topological polar surface area (TPSA) is 15.3 Å². The van der Waals surface area contributed by atoms with Gasteiger partial charge < -0.3 is 5.32 Å². The number of benzene rings is 2. The van der Waals surface area contributed by atoms with Crippen LogP contribution in [0.4, 0.5) is 4.39 Å². The van der Waals surface area contributed by atoms with E-state index in [0.717, 1.165) is 38.2 Å². The summed E-state index contributed by atoms with van der Waals surface area (Å²) in [5, 5.41) is 3.43. The van der Waals surface area contributed by atoms with E-state index in [1.807, 2.05) is 12.1 Å². The van der Waals surface area contributed by atoms with Gasteiger partial charge >= 0.3 is 0 Å². The zero-order valence-electron chi connectivity index (χ0n) is 13.1. The number of nitrogens with one attached hydrogen (secondary N) is 1. The molecule has 0 spiro atoms. The summed E-state index contributed by atoms with van der Waals surface area (Å²) < 4.78 is 14.4. The Kier molecular flexibility index (Phi) is 4.86. The minimum absolute atomic E-state index is 0.0130. The van der Waals surface area contributed by atoms with Crippen molar-refractivity contribution in [3.05, 3.63) is 71.0 Å². The van der Waals surface area contributed by atoms with Crippen LogP contribution in [-0.4, -0.2) is 31.1 Å². The molecule has 0 aromatic heterocycles. The first kappa shape index (κ1) is 15.2. The summed E-state index contributed by atoms with van der Waals surface area (Å²) in [6.07, 6.45) is 1.09. The molecule has 0 radical (unpaired) electrons. The lowest BCUT2D eigenvalue weighted by atomic mass is 9.95. The molecule has 0 amide bonds. The van der Waals surface area contributed by atoms with Crippen molar-refractivity contribution < 1.29 is 4.39 Å². The summed E-state index contributed by atoms with van der Waals surface area (Å²) in [7, 11) is 0. The van der Waals surface area contributed by atoms with Crippen molar-refractivity contribution in [2.24, 2.45) is 0 Å². The number of rotatable bonds is 3. The van der Waals surface area contributed by atoms with Crippen LogP contribution in [0.25, 0.3) is 0 Å². The van der Waals surface area contributed by atoms with Crippen LogP contribution in [0, 0.1) is 12.7 Å². The van der Waals surface area contributed by atoms with E-state index < -0.39 is 0 Å². The molecular weight excluding hydrogens is 275 g/mol. The lowest BCUT2D eigenvalue weighted by Crippen LogP contribution is -2.33. The predicted molar refractivity (Wildman–Crippen MR) is 88.5 cm³/mol. The van der Waals surface area contributed by atoms with Gasteiger partial charge in [-0.3, -0.25) is 4.90 Å². The van der Waals surface area contributed by atoms with Crippen LogP contribution in [0.3, 0.4) is 0 Å². The van der Waals surface area contributed by atoms with Gasteiger partial charge in [0, 0.05) is 25.2 Å². The maximum atomic E-state index is 14.4. The largest absolute Gasteiger partial charge is 0.315 e. The lowest BCUT2D eigenvalue weighted by molar-refractivity contribution is 0.236. The Labute approximate surface area is 132 Å². The van der Waals surface area contributed by atoms with Crippen LogP contribution in [0.2, 0.25) is 0 Å². The van der Waals surface area contributed by atoms with Crippen molar-refractivity contribution in [2.45, 2.75) is 19.4 Å². The number of hydrogen-bond donors (Lipinski definition) is 1. The molecule has 3 heteroatoms. The smallest absolute Gasteiger partial charge is 0.128 e. The molecule has 2 nitrogen and oxygen atoms in total. The first-order valence-corrected chi connectivity index (χ1v) is 8.01. The van der Waals surface area contributed by atoms with E-state index in [0.29, 0.717) is 0 Å². The molecule has 3 rings (SSSR count). The second-order valence-electron chi connectivity index (χ2n) is 5.98. The molecule has 1 N–H and O–H groups in total. The average molecular weight is 298 g/mol. The third-order valence-electron chi connectivity index (χ3n) is 4.30. The first-order valence-electron chi connectivity index (χ1n) is 8.01. The van der Waals surface area contributed by atoms with E-state index in [1.165, 1.54) is 11.1 Å². The number of aryl methyl sites for hydroxylation is 1. The maximum Gasteiger partial charge on any atom is 0.128 e. The Morgan fingerprint density at radius 3 is 2.73 bits per heavy atom. The van der Waals surface area contributed by atoms with Gasteiger partial charge in [0.25, 0.3) is 0 Å². The molecule has 2 aromatic carbocycles. The molecule has 1 saturated heterocycles. The Morgan fingerprint density at radius 1 is 1.05 bits per heavy atom. The monoisotopic (exact) mass is 298 g/mol. The predicted octanol–water partition coefficient (Wildman–Crippen LogP) is 3.52. The standard InChI is InChI=1S/C19H23FN2/c1-15-6-4-7-16(14-15)19(17-8-2-3-9-18(17)20)22-12-5-10-21-11-13-22/h2-4,6-9,14,19,21H,5,10-13H2,1H3. The van der Waals surface area contributed by atoms with Gasteiger partial charge in [-0.2, -0.15) is 0 Å². The fourth-order valence-electron chi connectivity index (χ4n) is 3.25. The molecule has 1 atom stereocenters.